The summed E-state index contributed by atoms with van der Waals surface area (Å²) in [5.74, 6) is -1.79. The molecule has 0 heterocycles. The second-order valence-electron chi connectivity index (χ2n) is 8.58. The van der Waals surface area contributed by atoms with Gasteiger partial charge in [-0.2, -0.15) is 0 Å². The lowest BCUT2D eigenvalue weighted by atomic mass is 9.71. The standard InChI is InChI=1S/C21H37NO6/c1-6-26-18(24)21(19(25)27-7-2,13-15-11-9-8-10-12-15)14-16(22)17(23)28-20(3,4)5/h15-16H,6-14,22H2,1-5H3. The zero-order chi connectivity index (χ0) is 21.4. The van der Waals surface area contributed by atoms with Crippen molar-refractivity contribution in [1.82, 2.24) is 0 Å². The van der Waals surface area contributed by atoms with Gasteiger partial charge in [-0.3, -0.25) is 14.4 Å². The van der Waals surface area contributed by atoms with Crippen molar-refractivity contribution in [3.8, 4) is 0 Å². The third-order valence-electron chi connectivity index (χ3n) is 4.97. The van der Waals surface area contributed by atoms with Gasteiger partial charge in [0.2, 0.25) is 0 Å². The largest absolute Gasteiger partial charge is 0.465 e. The molecule has 0 aliphatic heterocycles. The van der Waals surface area contributed by atoms with Crippen molar-refractivity contribution in [1.29, 1.82) is 0 Å². The van der Waals surface area contributed by atoms with Gasteiger partial charge in [0.05, 0.1) is 13.2 Å². The fourth-order valence-electron chi connectivity index (χ4n) is 3.76. The lowest BCUT2D eigenvalue weighted by Gasteiger charge is -2.35. The van der Waals surface area contributed by atoms with Crippen molar-refractivity contribution in [3.05, 3.63) is 0 Å². The topological polar surface area (TPSA) is 105 Å². The molecule has 1 fully saturated rings. The van der Waals surface area contributed by atoms with E-state index < -0.39 is 35.0 Å². The molecule has 0 saturated heterocycles. The van der Waals surface area contributed by atoms with Crippen LogP contribution in [0.2, 0.25) is 0 Å². The number of hydrogen-bond donors (Lipinski definition) is 1. The Morgan fingerprint density at radius 2 is 1.46 bits per heavy atom. The van der Waals surface area contributed by atoms with Crippen LogP contribution in [0.25, 0.3) is 0 Å². The highest BCUT2D eigenvalue weighted by Crippen LogP contribution is 2.40. The highest BCUT2D eigenvalue weighted by molar-refractivity contribution is 6.00. The first-order chi connectivity index (χ1) is 13.1. The van der Waals surface area contributed by atoms with E-state index >= 15 is 0 Å². The average molecular weight is 400 g/mol. The quantitative estimate of drug-likeness (QED) is 0.361. The average Bonchev–Trinajstić information content (AvgIpc) is 2.60. The summed E-state index contributed by atoms with van der Waals surface area (Å²) in [5.41, 5.74) is 3.79. The van der Waals surface area contributed by atoms with Crippen molar-refractivity contribution >= 4 is 17.9 Å². The van der Waals surface area contributed by atoms with Crippen LogP contribution in [-0.2, 0) is 28.6 Å². The van der Waals surface area contributed by atoms with Gasteiger partial charge in [-0.1, -0.05) is 32.1 Å². The Bertz CT molecular complexity index is 516. The molecule has 1 saturated carbocycles. The molecule has 0 aromatic rings. The molecule has 1 rings (SSSR count). The molecule has 1 atom stereocenters. The van der Waals surface area contributed by atoms with Crippen LogP contribution in [0.5, 0.6) is 0 Å². The molecule has 2 N–H and O–H groups in total. The fraction of sp³-hybridized carbons (Fsp3) is 0.857. The Labute approximate surface area is 168 Å². The van der Waals surface area contributed by atoms with E-state index in [1.807, 2.05) is 0 Å². The summed E-state index contributed by atoms with van der Waals surface area (Å²) in [7, 11) is 0. The highest BCUT2D eigenvalue weighted by atomic mass is 16.6. The monoisotopic (exact) mass is 399 g/mol. The van der Waals surface area contributed by atoms with E-state index in [4.69, 9.17) is 19.9 Å². The lowest BCUT2D eigenvalue weighted by molar-refractivity contribution is -0.176. The van der Waals surface area contributed by atoms with Crippen molar-refractivity contribution in [2.24, 2.45) is 17.1 Å². The zero-order valence-corrected chi connectivity index (χ0v) is 18.0. The molecule has 7 nitrogen and oxygen atoms in total. The summed E-state index contributed by atoms with van der Waals surface area (Å²) in [6.45, 7) is 8.85. The number of carbonyl (C=O) groups excluding carboxylic acids is 3. The van der Waals surface area contributed by atoms with Gasteiger partial charge in [-0.15, -0.1) is 0 Å². The van der Waals surface area contributed by atoms with Crippen LogP contribution in [0, 0.1) is 11.3 Å². The Balaban J connectivity index is 3.18. The molecule has 0 spiro atoms. The van der Waals surface area contributed by atoms with Gasteiger partial charge >= 0.3 is 17.9 Å². The molecule has 7 heteroatoms. The first-order valence-corrected chi connectivity index (χ1v) is 10.4. The number of esters is 3. The van der Waals surface area contributed by atoms with Gasteiger partial charge in [-0.05, 0) is 53.4 Å². The SMILES string of the molecule is CCOC(=O)C(CC1CCCCC1)(CC(N)C(=O)OC(C)(C)C)C(=O)OCC. The van der Waals surface area contributed by atoms with E-state index in [9.17, 15) is 14.4 Å². The third-order valence-corrected chi connectivity index (χ3v) is 4.97. The normalized spacial score (nSPS) is 16.9. The van der Waals surface area contributed by atoms with Crippen LogP contribution in [0.1, 0.15) is 79.6 Å². The van der Waals surface area contributed by atoms with Crippen LogP contribution in [-0.4, -0.2) is 42.8 Å². The molecular formula is C21H37NO6. The van der Waals surface area contributed by atoms with Crippen molar-refractivity contribution in [3.63, 3.8) is 0 Å². The molecule has 1 aliphatic rings. The lowest BCUT2D eigenvalue weighted by Crippen LogP contribution is -2.50. The Kier molecular flexibility index (Phi) is 9.40. The van der Waals surface area contributed by atoms with E-state index in [0.29, 0.717) is 0 Å². The van der Waals surface area contributed by atoms with Crippen LogP contribution in [0.4, 0.5) is 0 Å². The third kappa shape index (κ3) is 7.08. The van der Waals surface area contributed by atoms with E-state index in [-0.39, 0.29) is 32.0 Å². The smallest absolute Gasteiger partial charge is 0.323 e. The maximum atomic E-state index is 13.0. The second kappa shape index (κ2) is 10.8. The van der Waals surface area contributed by atoms with E-state index in [1.165, 1.54) is 0 Å². The zero-order valence-electron chi connectivity index (χ0n) is 18.0. The number of hydrogen-bond acceptors (Lipinski definition) is 7. The molecule has 162 valence electrons. The minimum atomic E-state index is -1.59. The van der Waals surface area contributed by atoms with Crippen LogP contribution in [0.3, 0.4) is 0 Å². The highest BCUT2D eigenvalue weighted by Gasteiger charge is 2.52. The molecule has 28 heavy (non-hydrogen) atoms. The summed E-state index contributed by atoms with van der Waals surface area (Å²) in [6, 6.07) is -1.13. The number of ether oxygens (including phenoxy) is 3. The number of rotatable bonds is 9. The van der Waals surface area contributed by atoms with Crippen molar-refractivity contribution in [2.45, 2.75) is 91.2 Å². The van der Waals surface area contributed by atoms with Gasteiger partial charge in [0, 0.05) is 0 Å². The summed E-state index contributed by atoms with van der Waals surface area (Å²) in [6.07, 6.45) is 5.23. The van der Waals surface area contributed by atoms with Gasteiger partial charge in [0.25, 0.3) is 0 Å². The summed E-state index contributed by atoms with van der Waals surface area (Å²) in [5, 5.41) is 0. The molecule has 0 aromatic carbocycles. The van der Waals surface area contributed by atoms with Crippen molar-refractivity contribution < 1.29 is 28.6 Å². The summed E-state index contributed by atoms with van der Waals surface area (Å²) >= 11 is 0. The Hall–Kier alpha value is -1.63. The minimum absolute atomic E-state index is 0.131. The Morgan fingerprint density at radius 1 is 0.964 bits per heavy atom. The molecule has 1 aliphatic carbocycles. The van der Waals surface area contributed by atoms with Gasteiger partial charge in [0.1, 0.15) is 11.6 Å². The molecule has 0 radical (unpaired) electrons. The summed E-state index contributed by atoms with van der Waals surface area (Å²) in [4.78, 5) is 38.4. The molecular weight excluding hydrogens is 362 g/mol. The van der Waals surface area contributed by atoms with Crippen molar-refractivity contribution in [2.75, 3.05) is 13.2 Å². The number of nitrogens with two attached hydrogens (primary N) is 1. The minimum Gasteiger partial charge on any atom is -0.465 e. The Morgan fingerprint density at radius 3 is 1.89 bits per heavy atom. The summed E-state index contributed by atoms with van der Waals surface area (Å²) < 4.78 is 15.8. The first-order valence-electron chi connectivity index (χ1n) is 10.4. The van der Waals surface area contributed by atoms with E-state index in [2.05, 4.69) is 0 Å². The van der Waals surface area contributed by atoms with E-state index in [1.54, 1.807) is 34.6 Å². The predicted octanol–water partition coefficient (Wildman–Crippen LogP) is 3.13. The number of carbonyl (C=O) groups is 3. The fourth-order valence-corrected chi connectivity index (χ4v) is 3.76. The van der Waals surface area contributed by atoms with Crippen LogP contribution >= 0.6 is 0 Å². The second-order valence-corrected chi connectivity index (χ2v) is 8.58. The first kappa shape index (κ1) is 24.4. The van der Waals surface area contributed by atoms with Gasteiger partial charge in [0.15, 0.2) is 5.41 Å². The molecule has 0 amide bonds. The molecule has 0 bridgehead atoms. The van der Waals surface area contributed by atoms with Crippen LogP contribution < -0.4 is 5.73 Å². The van der Waals surface area contributed by atoms with E-state index in [0.717, 1.165) is 32.1 Å². The maximum Gasteiger partial charge on any atom is 0.323 e. The predicted molar refractivity (Wildman–Crippen MR) is 105 cm³/mol. The van der Waals surface area contributed by atoms with Gasteiger partial charge < -0.3 is 19.9 Å². The van der Waals surface area contributed by atoms with Gasteiger partial charge in [-0.25, -0.2) is 0 Å². The maximum absolute atomic E-state index is 13.0. The molecule has 0 aromatic heterocycles. The molecule has 1 unspecified atom stereocenters. The van der Waals surface area contributed by atoms with Crippen LogP contribution in [0.15, 0.2) is 0 Å².